The predicted octanol–water partition coefficient (Wildman–Crippen LogP) is 2.46. The highest BCUT2D eigenvalue weighted by Gasteiger charge is 2.34. The van der Waals surface area contributed by atoms with Crippen molar-refractivity contribution in [1.29, 1.82) is 0 Å². The predicted molar refractivity (Wildman–Crippen MR) is 71.8 cm³/mol. The van der Waals surface area contributed by atoms with Gasteiger partial charge < -0.3 is 14.2 Å². The average Bonchev–Trinajstić information content (AvgIpc) is 3.02. The van der Waals surface area contributed by atoms with E-state index < -0.39 is 17.9 Å². The van der Waals surface area contributed by atoms with Crippen LogP contribution < -0.4 is 4.74 Å². The van der Waals surface area contributed by atoms with Gasteiger partial charge in [-0.3, -0.25) is 0 Å². The van der Waals surface area contributed by atoms with Gasteiger partial charge in [0.05, 0.1) is 11.1 Å². The fraction of sp³-hybridized carbons (Fsp3) is 0.0625. The fourth-order valence-corrected chi connectivity index (χ4v) is 2.52. The van der Waals surface area contributed by atoms with Crippen LogP contribution in [-0.4, -0.2) is 17.9 Å². The van der Waals surface area contributed by atoms with E-state index in [1.165, 1.54) is 6.07 Å². The molecule has 2 aromatic carbocycles. The molecule has 0 bridgehead atoms. The lowest BCUT2D eigenvalue weighted by atomic mass is 10.1. The Morgan fingerprint density at radius 2 is 1.55 bits per heavy atom. The van der Waals surface area contributed by atoms with Gasteiger partial charge >= 0.3 is 17.9 Å². The Bertz CT molecular complexity index is 852. The van der Waals surface area contributed by atoms with Crippen molar-refractivity contribution in [3.63, 3.8) is 0 Å². The van der Waals surface area contributed by atoms with Gasteiger partial charge in [-0.05, 0) is 24.3 Å². The summed E-state index contributed by atoms with van der Waals surface area (Å²) in [5, 5.41) is 0. The van der Waals surface area contributed by atoms with E-state index in [1.54, 1.807) is 30.3 Å². The molecule has 0 saturated carbocycles. The highest BCUT2D eigenvalue weighted by Crippen LogP contribution is 2.36. The summed E-state index contributed by atoms with van der Waals surface area (Å²) in [5.41, 5.74) is 1.31. The Kier molecular flexibility index (Phi) is 2.53. The zero-order valence-corrected chi connectivity index (χ0v) is 11.1. The molecular weight excluding hydrogens is 288 g/mol. The smallest absolute Gasteiger partial charge is 0.350 e. The lowest BCUT2D eigenvalue weighted by Crippen LogP contribution is -2.00. The number of ether oxygens (including phenoxy) is 3. The number of carbonyl (C=O) groups excluding carboxylic acids is 3. The highest BCUT2D eigenvalue weighted by molar-refractivity contribution is 6.16. The Labute approximate surface area is 124 Å². The minimum Gasteiger partial charge on any atom is -0.457 e. The maximum atomic E-state index is 11.8. The topological polar surface area (TPSA) is 78.9 Å². The summed E-state index contributed by atoms with van der Waals surface area (Å²) in [7, 11) is 0. The van der Waals surface area contributed by atoms with Crippen molar-refractivity contribution in [3.8, 4) is 11.5 Å². The lowest BCUT2D eigenvalue weighted by Gasteiger charge is -2.10. The van der Waals surface area contributed by atoms with Crippen LogP contribution in [0, 0.1) is 0 Å². The second-order valence-corrected chi connectivity index (χ2v) is 4.82. The molecule has 0 aromatic heterocycles. The summed E-state index contributed by atoms with van der Waals surface area (Å²) >= 11 is 0. The molecule has 2 aromatic rings. The van der Waals surface area contributed by atoms with Gasteiger partial charge in [0, 0.05) is 5.56 Å². The Balaban J connectivity index is 1.80. The van der Waals surface area contributed by atoms with E-state index in [2.05, 4.69) is 4.74 Å². The Morgan fingerprint density at radius 3 is 2.36 bits per heavy atom. The standard InChI is InChI=1S/C16H8O6/c17-14-8-3-1-5-11(10(8)7-20-14)21-12-6-2-4-9-13(12)16(19)22-15(9)18/h1-6H,7H2. The molecular formula is C16H8O6. The number of esters is 3. The molecule has 2 aliphatic rings. The fourth-order valence-electron chi connectivity index (χ4n) is 2.52. The first-order valence-corrected chi connectivity index (χ1v) is 6.51. The van der Waals surface area contributed by atoms with E-state index >= 15 is 0 Å². The second kappa shape index (κ2) is 4.42. The first-order chi connectivity index (χ1) is 10.6. The molecule has 2 aliphatic heterocycles. The third-order valence-corrected chi connectivity index (χ3v) is 3.56. The molecule has 0 atom stereocenters. The number of hydrogen-bond acceptors (Lipinski definition) is 6. The van der Waals surface area contributed by atoms with Gasteiger partial charge in [-0.15, -0.1) is 0 Å². The van der Waals surface area contributed by atoms with Gasteiger partial charge in [0.15, 0.2) is 0 Å². The molecule has 22 heavy (non-hydrogen) atoms. The number of hydrogen-bond donors (Lipinski definition) is 0. The molecule has 0 saturated heterocycles. The maximum absolute atomic E-state index is 11.8. The molecule has 0 aliphatic carbocycles. The van der Waals surface area contributed by atoms with Crippen LogP contribution in [0.15, 0.2) is 36.4 Å². The van der Waals surface area contributed by atoms with Crippen LogP contribution in [0.4, 0.5) is 0 Å². The molecule has 6 heteroatoms. The third-order valence-electron chi connectivity index (χ3n) is 3.56. The lowest BCUT2D eigenvalue weighted by molar-refractivity contribution is 0.0441. The normalized spacial score (nSPS) is 15.2. The Morgan fingerprint density at radius 1 is 0.818 bits per heavy atom. The quantitative estimate of drug-likeness (QED) is 0.625. The summed E-state index contributed by atoms with van der Waals surface area (Å²) in [5.74, 6) is -1.23. The zero-order valence-electron chi connectivity index (χ0n) is 11.1. The molecule has 4 rings (SSSR count). The van der Waals surface area contributed by atoms with Gasteiger partial charge in [0.1, 0.15) is 23.7 Å². The highest BCUT2D eigenvalue weighted by atomic mass is 16.6. The number of benzene rings is 2. The summed E-state index contributed by atoms with van der Waals surface area (Å²) in [6.07, 6.45) is 0. The van der Waals surface area contributed by atoms with E-state index in [1.807, 2.05) is 0 Å². The molecule has 0 spiro atoms. The van der Waals surface area contributed by atoms with Gasteiger partial charge in [-0.1, -0.05) is 12.1 Å². The van der Waals surface area contributed by atoms with Crippen LogP contribution in [0.2, 0.25) is 0 Å². The largest absolute Gasteiger partial charge is 0.457 e. The molecule has 108 valence electrons. The summed E-state index contributed by atoms with van der Waals surface area (Å²) in [6, 6.07) is 9.63. The molecule has 0 unspecified atom stereocenters. The number of cyclic esters (lactones) is 3. The summed E-state index contributed by atoms with van der Waals surface area (Å²) in [4.78, 5) is 34.9. The first kappa shape index (κ1) is 12.6. The SMILES string of the molecule is O=C1OCc2c(Oc3cccc4c3C(=O)OC4=O)cccc21. The minimum atomic E-state index is -0.740. The van der Waals surface area contributed by atoms with Crippen molar-refractivity contribution in [1.82, 2.24) is 0 Å². The minimum absolute atomic E-state index is 0.0929. The molecule has 0 radical (unpaired) electrons. The summed E-state index contributed by atoms with van der Waals surface area (Å²) in [6.45, 7) is 0.114. The zero-order chi connectivity index (χ0) is 15.3. The van der Waals surface area contributed by atoms with Crippen LogP contribution >= 0.6 is 0 Å². The third kappa shape index (κ3) is 1.70. The van der Waals surface area contributed by atoms with Crippen molar-refractivity contribution in [2.75, 3.05) is 0 Å². The van der Waals surface area contributed by atoms with E-state index in [-0.39, 0.29) is 23.5 Å². The Hall–Kier alpha value is -3.15. The van der Waals surface area contributed by atoms with Crippen LogP contribution in [0.3, 0.4) is 0 Å². The molecule has 0 amide bonds. The van der Waals surface area contributed by atoms with E-state index in [0.717, 1.165) is 0 Å². The van der Waals surface area contributed by atoms with E-state index in [9.17, 15) is 14.4 Å². The van der Waals surface area contributed by atoms with Crippen molar-refractivity contribution in [2.45, 2.75) is 6.61 Å². The maximum Gasteiger partial charge on any atom is 0.350 e. The van der Waals surface area contributed by atoms with Crippen molar-refractivity contribution in [3.05, 3.63) is 58.7 Å². The van der Waals surface area contributed by atoms with Crippen LogP contribution in [0.5, 0.6) is 11.5 Å². The van der Waals surface area contributed by atoms with Gasteiger partial charge in [-0.2, -0.15) is 0 Å². The van der Waals surface area contributed by atoms with Crippen LogP contribution in [0.1, 0.15) is 36.6 Å². The molecule has 0 N–H and O–H groups in total. The van der Waals surface area contributed by atoms with Crippen molar-refractivity contribution in [2.24, 2.45) is 0 Å². The molecule has 2 heterocycles. The molecule has 6 nitrogen and oxygen atoms in total. The van der Waals surface area contributed by atoms with E-state index in [4.69, 9.17) is 9.47 Å². The number of fused-ring (bicyclic) bond motifs is 2. The first-order valence-electron chi connectivity index (χ1n) is 6.51. The van der Waals surface area contributed by atoms with Gasteiger partial charge in [-0.25, -0.2) is 14.4 Å². The monoisotopic (exact) mass is 296 g/mol. The molecule has 0 fully saturated rings. The van der Waals surface area contributed by atoms with Crippen molar-refractivity contribution < 1.29 is 28.6 Å². The number of rotatable bonds is 2. The van der Waals surface area contributed by atoms with Crippen molar-refractivity contribution >= 4 is 17.9 Å². The van der Waals surface area contributed by atoms with Crippen LogP contribution in [0.25, 0.3) is 0 Å². The van der Waals surface area contributed by atoms with E-state index in [0.29, 0.717) is 16.9 Å². The van der Waals surface area contributed by atoms with Gasteiger partial charge in [0.2, 0.25) is 0 Å². The summed E-state index contributed by atoms with van der Waals surface area (Å²) < 4.78 is 15.3. The van der Waals surface area contributed by atoms with Gasteiger partial charge in [0.25, 0.3) is 0 Å². The number of carbonyl (C=O) groups is 3. The average molecular weight is 296 g/mol. The second-order valence-electron chi connectivity index (χ2n) is 4.82. The van der Waals surface area contributed by atoms with Crippen LogP contribution in [-0.2, 0) is 16.1 Å².